The van der Waals surface area contributed by atoms with E-state index in [0.717, 1.165) is 28.6 Å². The highest BCUT2D eigenvalue weighted by Gasteiger charge is 2.07. The van der Waals surface area contributed by atoms with E-state index in [1.54, 1.807) is 0 Å². The maximum absolute atomic E-state index is 4.32. The molecule has 0 unspecified atom stereocenters. The molecule has 2 aromatic carbocycles. The number of pyridine rings is 1. The fraction of sp³-hybridized carbons (Fsp3) is 0.150. The molecule has 0 amide bonds. The Morgan fingerprint density at radius 2 is 1.42 bits per heavy atom. The number of anilines is 2. The van der Waals surface area contributed by atoms with Crippen molar-refractivity contribution in [2.24, 2.45) is 17.3 Å². The van der Waals surface area contributed by atoms with Crippen molar-refractivity contribution in [3.8, 4) is 0 Å². The number of hydrogen-bond donors (Lipinski definition) is 1. The van der Waals surface area contributed by atoms with Crippen LogP contribution in [0, 0.1) is 6.92 Å². The lowest BCUT2D eigenvalue weighted by Gasteiger charge is -2.05. The Morgan fingerprint density at radius 3 is 2.12 bits per heavy atom. The van der Waals surface area contributed by atoms with Crippen LogP contribution in [0.25, 0.3) is 0 Å². The number of benzene rings is 2. The molecule has 0 bridgehead atoms. The molecule has 3 aromatic rings. The lowest BCUT2D eigenvalue weighted by atomic mass is 10.2. The Labute approximate surface area is 143 Å². The second-order valence-corrected chi connectivity index (χ2v) is 5.32. The van der Waals surface area contributed by atoms with E-state index in [9.17, 15) is 0 Å². The number of para-hydroxylation sites is 1. The molecule has 4 heteroatoms. The van der Waals surface area contributed by atoms with E-state index in [0.29, 0.717) is 0 Å². The summed E-state index contributed by atoms with van der Waals surface area (Å²) in [6, 6.07) is 23.9. The first-order valence-electron chi connectivity index (χ1n) is 7.52. The average molecular weight is 319 g/mol. The first kappa shape index (κ1) is 17.3. The van der Waals surface area contributed by atoms with Gasteiger partial charge in [0.05, 0.1) is 12.2 Å². The predicted octanol–water partition coefficient (Wildman–Crippen LogP) is 5.61. The maximum atomic E-state index is 4.32. The second kappa shape index (κ2) is 8.02. The predicted molar refractivity (Wildman–Crippen MR) is 99.4 cm³/mol. The smallest absolute Gasteiger partial charge is 0.350 e. The van der Waals surface area contributed by atoms with Gasteiger partial charge in [-0.2, -0.15) is 0 Å². The Balaban J connectivity index is 0.00000208. The van der Waals surface area contributed by atoms with Gasteiger partial charge in [0.2, 0.25) is 0 Å². The van der Waals surface area contributed by atoms with Crippen LogP contribution in [-0.2, 0) is 7.05 Å². The minimum atomic E-state index is 0. The Hall–Kier alpha value is -3.01. The summed E-state index contributed by atoms with van der Waals surface area (Å²) in [7, 11) is 1.98. The number of rotatable bonds is 4. The molecule has 0 radical (unpaired) electrons. The van der Waals surface area contributed by atoms with E-state index >= 15 is 0 Å². The summed E-state index contributed by atoms with van der Waals surface area (Å²) in [5, 5.41) is 12.0. The van der Waals surface area contributed by atoms with Crippen molar-refractivity contribution in [3.05, 3.63) is 78.5 Å². The molecule has 0 fully saturated rings. The first-order valence-corrected chi connectivity index (χ1v) is 7.52. The molecule has 24 heavy (non-hydrogen) atoms. The molecular formula is C20H23N4+. The molecule has 1 N–H and O–H groups in total. The van der Waals surface area contributed by atoms with Crippen molar-refractivity contribution in [1.29, 1.82) is 0 Å². The number of nitrogens with one attached hydrogen (secondary N) is 1. The van der Waals surface area contributed by atoms with E-state index in [1.165, 1.54) is 0 Å². The summed E-state index contributed by atoms with van der Waals surface area (Å²) in [6.07, 6.45) is 0. The molecule has 3 rings (SSSR count). The monoisotopic (exact) mass is 319 g/mol. The lowest BCUT2D eigenvalue weighted by Crippen LogP contribution is -2.31. The van der Waals surface area contributed by atoms with Gasteiger partial charge in [0, 0.05) is 17.4 Å². The summed E-state index contributed by atoms with van der Waals surface area (Å²) in [6.45, 7) is 2.04. The van der Waals surface area contributed by atoms with Crippen LogP contribution in [-0.4, -0.2) is 0 Å². The Bertz CT molecular complexity index is 809. The highest BCUT2D eigenvalue weighted by atomic mass is 15.2. The molecular weight excluding hydrogens is 296 g/mol. The van der Waals surface area contributed by atoms with Gasteiger partial charge >= 0.3 is 5.82 Å². The summed E-state index contributed by atoms with van der Waals surface area (Å²) < 4.78 is 2.01. The minimum absolute atomic E-state index is 0. The second-order valence-electron chi connectivity index (χ2n) is 5.32. The van der Waals surface area contributed by atoms with Crippen molar-refractivity contribution in [2.75, 3.05) is 5.32 Å². The van der Waals surface area contributed by atoms with Gasteiger partial charge in [0.15, 0.2) is 0 Å². The maximum Gasteiger partial charge on any atom is 0.350 e. The zero-order valence-electron chi connectivity index (χ0n) is 13.3. The van der Waals surface area contributed by atoms with E-state index in [4.69, 9.17) is 0 Å². The minimum Gasteiger partial charge on any atom is -0.356 e. The molecule has 0 aliphatic rings. The fourth-order valence-electron chi connectivity index (χ4n) is 2.19. The van der Waals surface area contributed by atoms with Crippen molar-refractivity contribution in [2.45, 2.75) is 14.4 Å². The molecule has 0 aliphatic carbocycles. The van der Waals surface area contributed by atoms with Gasteiger partial charge in [-0.25, -0.2) is 4.57 Å². The van der Waals surface area contributed by atoms with Crippen LogP contribution in [0.3, 0.4) is 0 Å². The molecule has 4 nitrogen and oxygen atoms in total. The Morgan fingerprint density at radius 1 is 0.750 bits per heavy atom. The van der Waals surface area contributed by atoms with Crippen LogP contribution < -0.4 is 9.88 Å². The lowest BCUT2D eigenvalue weighted by molar-refractivity contribution is -0.664. The van der Waals surface area contributed by atoms with Crippen LogP contribution in [0.4, 0.5) is 22.9 Å². The van der Waals surface area contributed by atoms with Crippen LogP contribution in [0.15, 0.2) is 83.0 Å². The summed E-state index contributed by atoms with van der Waals surface area (Å²) in [5.74, 6) is 0.830. The van der Waals surface area contributed by atoms with Crippen LogP contribution in [0.1, 0.15) is 13.1 Å². The zero-order chi connectivity index (χ0) is 16.1. The molecule has 0 atom stereocenters. The average Bonchev–Trinajstić information content (AvgIpc) is 2.58. The van der Waals surface area contributed by atoms with Crippen molar-refractivity contribution in [3.63, 3.8) is 0 Å². The van der Waals surface area contributed by atoms with Gasteiger partial charge in [0.25, 0.3) is 0 Å². The van der Waals surface area contributed by atoms with E-state index in [2.05, 4.69) is 15.5 Å². The van der Waals surface area contributed by atoms with Gasteiger partial charge in [-0.05, 0) is 54.5 Å². The highest BCUT2D eigenvalue weighted by Crippen LogP contribution is 2.21. The van der Waals surface area contributed by atoms with E-state index in [-0.39, 0.29) is 7.43 Å². The number of nitrogens with zero attached hydrogens (tertiary/aromatic N) is 3. The number of azo groups is 1. The highest BCUT2D eigenvalue weighted by molar-refractivity contribution is 5.61. The third kappa shape index (κ3) is 4.26. The molecule has 0 saturated carbocycles. The summed E-state index contributed by atoms with van der Waals surface area (Å²) in [5.41, 5.74) is 4.05. The number of hydrogen-bond acceptors (Lipinski definition) is 3. The topological polar surface area (TPSA) is 40.6 Å². The zero-order valence-corrected chi connectivity index (χ0v) is 13.3. The molecule has 0 saturated heterocycles. The van der Waals surface area contributed by atoms with Gasteiger partial charge in [-0.3, -0.25) is 0 Å². The Kier molecular flexibility index (Phi) is 5.79. The molecule has 122 valence electrons. The molecule has 0 aliphatic heterocycles. The molecule has 1 heterocycles. The van der Waals surface area contributed by atoms with Crippen LogP contribution in [0.2, 0.25) is 0 Å². The third-order valence-electron chi connectivity index (χ3n) is 3.65. The van der Waals surface area contributed by atoms with E-state index < -0.39 is 0 Å². The fourth-order valence-corrected chi connectivity index (χ4v) is 2.19. The quantitative estimate of drug-likeness (QED) is 0.492. The largest absolute Gasteiger partial charge is 0.356 e. The summed E-state index contributed by atoms with van der Waals surface area (Å²) >= 11 is 0. The van der Waals surface area contributed by atoms with Crippen molar-refractivity contribution < 1.29 is 4.57 Å². The first-order chi connectivity index (χ1) is 11.2. The van der Waals surface area contributed by atoms with Crippen LogP contribution >= 0.6 is 0 Å². The number of aryl methyl sites for hydroxylation is 1. The SMILES string of the molecule is C.Cc1cccc(N=Nc2ccc(Nc3ccccc3)cc2)[n+]1C. The summed E-state index contributed by atoms with van der Waals surface area (Å²) in [4.78, 5) is 0. The molecule has 1 aromatic heterocycles. The van der Waals surface area contributed by atoms with Gasteiger partial charge in [-0.15, -0.1) is 0 Å². The van der Waals surface area contributed by atoms with E-state index in [1.807, 2.05) is 91.3 Å². The van der Waals surface area contributed by atoms with Crippen molar-refractivity contribution >= 4 is 22.9 Å². The van der Waals surface area contributed by atoms with Gasteiger partial charge < -0.3 is 5.32 Å². The normalized spacial score (nSPS) is 10.4. The van der Waals surface area contributed by atoms with Crippen molar-refractivity contribution in [1.82, 2.24) is 0 Å². The standard InChI is InChI=1S/C19H18N4.CH4/c1-15-7-6-10-19(23(15)2)22-21-18-13-11-17(12-14-18)20-16-8-4-3-5-9-16;/h3-14H,1-2H3;1H4/p+1. The molecule has 0 spiro atoms. The van der Waals surface area contributed by atoms with Gasteiger partial charge in [0.1, 0.15) is 11.4 Å². The van der Waals surface area contributed by atoms with Gasteiger partial charge in [-0.1, -0.05) is 31.7 Å². The third-order valence-corrected chi connectivity index (χ3v) is 3.65. The van der Waals surface area contributed by atoms with Crippen LogP contribution in [0.5, 0.6) is 0 Å². The number of aromatic nitrogens is 1.